The Morgan fingerprint density at radius 3 is 2.72 bits per heavy atom. The quantitative estimate of drug-likeness (QED) is 0.827. The summed E-state index contributed by atoms with van der Waals surface area (Å²) in [5.41, 5.74) is 1.53. The lowest BCUT2D eigenvalue weighted by Crippen LogP contribution is -2.45. The summed E-state index contributed by atoms with van der Waals surface area (Å²) in [6.07, 6.45) is 6.00. The maximum atomic E-state index is 13.6. The number of nitrogens with zero attached hydrogens (tertiary/aromatic N) is 1. The van der Waals surface area contributed by atoms with Gasteiger partial charge in [0.25, 0.3) is 0 Å². The third-order valence-corrected chi connectivity index (χ3v) is 4.41. The number of terminal acetylenes is 1. The van der Waals surface area contributed by atoms with E-state index in [4.69, 9.17) is 6.42 Å². The second kappa shape index (κ2) is 8.02. The smallest absolute Gasteiger partial charge is 0.316 e. The zero-order valence-electron chi connectivity index (χ0n) is 14.8. The molecule has 2 atom stereocenters. The van der Waals surface area contributed by atoms with Crippen LogP contribution in [0.15, 0.2) is 18.2 Å². The minimum absolute atomic E-state index is 0.0764. The molecule has 0 fully saturated rings. The summed E-state index contributed by atoms with van der Waals surface area (Å²) in [5.74, 6) is 2.23. The van der Waals surface area contributed by atoms with Gasteiger partial charge in [0.15, 0.2) is 0 Å². The summed E-state index contributed by atoms with van der Waals surface area (Å²) in [6, 6.07) is 3.40. The van der Waals surface area contributed by atoms with Crippen LogP contribution in [0, 0.1) is 24.1 Å². The summed E-state index contributed by atoms with van der Waals surface area (Å²) in [4.78, 5) is 25.7. The Labute approximate surface area is 148 Å². The van der Waals surface area contributed by atoms with Crippen LogP contribution >= 0.6 is 0 Å². The van der Waals surface area contributed by atoms with Crippen LogP contribution in [0.25, 0.3) is 0 Å². The van der Waals surface area contributed by atoms with E-state index in [1.807, 2.05) is 13.8 Å². The Morgan fingerprint density at radius 2 is 2.12 bits per heavy atom. The van der Waals surface area contributed by atoms with Crippen molar-refractivity contribution in [3.8, 4) is 12.3 Å². The van der Waals surface area contributed by atoms with Crippen molar-refractivity contribution in [2.24, 2.45) is 5.92 Å². The van der Waals surface area contributed by atoms with Crippen LogP contribution < -0.4 is 10.6 Å². The van der Waals surface area contributed by atoms with Crippen molar-refractivity contribution in [2.45, 2.75) is 45.8 Å². The molecule has 1 aromatic carbocycles. The zero-order valence-corrected chi connectivity index (χ0v) is 14.8. The van der Waals surface area contributed by atoms with Crippen LogP contribution in [0.2, 0.25) is 0 Å². The Hall–Kier alpha value is -2.55. The van der Waals surface area contributed by atoms with Gasteiger partial charge in [-0.15, -0.1) is 6.42 Å². The fraction of sp³-hybridized carbons (Fsp3) is 0.474. The molecular formula is C19H24FN3O2. The molecule has 0 aliphatic carbocycles. The largest absolute Gasteiger partial charge is 0.339 e. The lowest BCUT2D eigenvalue weighted by molar-refractivity contribution is -0.129. The maximum absolute atomic E-state index is 13.6. The van der Waals surface area contributed by atoms with Gasteiger partial charge in [-0.05, 0) is 35.6 Å². The first-order valence-electron chi connectivity index (χ1n) is 8.38. The Bertz CT molecular complexity index is 696. The van der Waals surface area contributed by atoms with Crippen LogP contribution in [0.1, 0.15) is 44.4 Å². The molecule has 0 spiro atoms. The van der Waals surface area contributed by atoms with E-state index < -0.39 is 0 Å². The first-order chi connectivity index (χ1) is 11.8. The van der Waals surface area contributed by atoms with Gasteiger partial charge in [0, 0.05) is 20.0 Å². The van der Waals surface area contributed by atoms with Crippen molar-refractivity contribution in [3.05, 3.63) is 35.1 Å². The predicted molar refractivity (Wildman–Crippen MR) is 94.0 cm³/mol. The highest BCUT2D eigenvalue weighted by Crippen LogP contribution is 2.27. The third kappa shape index (κ3) is 4.72. The SMILES string of the molecule is C#C[C@H](NC(=O)N[C@H]1CCN(C(C)=O)Cc2cc(F)ccc21)C(C)C. The minimum atomic E-state index is -0.368. The minimum Gasteiger partial charge on any atom is -0.339 e. The van der Waals surface area contributed by atoms with Gasteiger partial charge in [0.2, 0.25) is 5.91 Å². The molecule has 0 radical (unpaired) electrons. The van der Waals surface area contributed by atoms with E-state index in [-0.39, 0.29) is 35.8 Å². The summed E-state index contributed by atoms with van der Waals surface area (Å²) >= 11 is 0. The van der Waals surface area contributed by atoms with E-state index in [0.717, 1.165) is 5.56 Å². The molecule has 0 saturated heterocycles. The molecule has 0 bridgehead atoms. The number of nitrogens with one attached hydrogen (secondary N) is 2. The van der Waals surface area contributed by atoms with Gasteiger partial charge in [0.05, 0.1) is 12.1 Å². The van der Waals surface area contributed by atoms with Crippen molar-refractivity contribution < 1.29 is 14.0 Å². The number of hydrogen-bond donors (Lipinski definition) is 2. The third-order valence-electron chi connectivity index (χ3n) is 4.41. The molecule has 0 aromatic heterocycles. The number of rotatable bonds is 3. The van der Waals surface area contributed by atoms with Crippen LogP contribution in [0.4, 0.5) is 9.18 Å². The molecule has 1 aliphatic rings. The molecular weight excluding hydrogens is 321 g/mol. The van der Waals surface area contributed by atoms with E-state index in [1.165, 1.54) is 19.1 Å². The number of amides is 3. The van der Waals surface area contributed by atoms with Crippen LogP contribution in [0.3, 0.4) is 0 Å². The van der Waals surface area contributed by atoms with Gasteiger partial charge in [-0.25, -0.2) is 9.18 Å². The van der Waals surface area contributed by atoms with Gasteiger partial charge in [-0.2, -0.15) is 0 Å². The van der Waals surface area contributed by atoms with Crippen LogP contribution in [-0.4, -0.2) is 29.4 Å². The molecule has 1 aliphatic heterocycles. The number of carbonyl (C=O) groups excluding carboxylic acids is 2. The number of halogens is 1. The number of benzene rings is 1. The van der Waals surface area contributed by atoms with Crippen LogP contribution in [0.5, 0.6) is 0 Å². The fourth-order valence-electron chi connectivity index (χ4n) is 2.94. The highest BCUT2D eigenvalue weighted by Gasteiger charge is 2.26. The molecule has 1 heterocycles. The van der Waals surface area contributed by atoms with Gasteiger partial charge >= 0.3 is 6.03 Å². The van der Waals surface area contributed by atoms with E-state index in [1.54, 1.807) is 11.0 Å². The average molecular weight is 345 g/mol. The van der Waals surface area contributed by atoms with Crippen molar-refractivity contribution in [3.63, 3.8) is 0 Å². The average Bonchev–Trinajstić information content (AvgIpc) is 2.71. The van der Waals surface area contributed by atoms with Gasteiger partial charge in [-0.1, -0.05) is 25.8 Å². The second-order valence-corrected chi connectivity index (χ2v) is 6.63. The first kappa shape index (κ1) is 18.8. The summed E-state index contributed by atoms with van der Waals surface area (Å²) < 4.78 is 13.6. The molecule has 0 unspecified atom stereocenters. The predicted octanol–water partition coefficient (Wildman–Crippen LogP) is 2.58. The Morgan fingerprint density at radius 1 is 1.40 bits per heavy atom. The normalized spacial score (nSPS) is 17.9. The molecule has 6 heteroatoms. The van der Waals surface area contributed by atoms with Crippen molar-refractivity contribution >= 4 is 11.9 Å². The lowest BCUT2D eigenvalue weighted by Gasteiger charge is -2.22. The van der Waals surface area contributed by atoms with E-state index in [0.29, 0.717) is 25.1 Å². The molecule has 1 aromatic rings. The van der Waals surface area contributed by atoms with Crippen molar-refractivity contribution in [2.75, 3.05) is 6.54 Å². The van der Waals surface area contributed by atoms with Crippen molar-refractivity contribution in [1.29, 1.82) is 0 Å². The molecule has 5 nitrogen and oxygen atoms in total. The monoisotopic (exact) mass is 345 g/mol. The maximum Gasteiger partial charge on any atom is 0.316 e. The van der Waals surface area contributed by atoms with Gasteiger partial charge in [0.1, 0.15) is 5.82 Å². The highest BCUT2D eigenvalue weighted by atomic mass is 19.1. The first-order valence-corrected chi connectivity index (χ1v) is 8.38. The highest BCUT2D eigenvalue weighted by molar-refractivity contribution is 5.76. The lowest BCUT2D eigenvalue weighted by atomic mass is 9.99. The van der Waals surface area contributed by atoms with E-state index >= 15 is 0 Å². The molecule has 2 rings (SSSR count). The number of hydrogen-bond acceptors (Lipinski definition) is 2. The van der Waals surface area contributed by atoms with E-state index in [9.17, 15) is 14.0 Å². The summed E-state index contributed by atoms with van der Waals surface area (Å²) in [5, 5.41) is 5.68. The fourth-order valence-corrected chi connectivity index (χ4v) is 2.94. The molecule has 0 saturated carbocycles. The summed E-state index contributed by atoms with van der Waals surface area (Å²) in [7, 11) is 0. The Balaban J connectivity index is 2.20. The molecule has 3 amide bonds. The number of urea groups is 1. The zero-order chi connectivity index (χ0) is 18.6. The van der Waals surface area contributed by atoms with Crippen LogP contribution in [-0.2, 0) is 11.3 Å². The second-order valence-electron chi connectivity index (χ2n) is 6.63. The molecule has 2 N–H and O–H groups in total. The topological polar surface area (TPSA) is 61.4 Å². The molecule has 25 heavy (non-hydrogen) atoms. The Kier molecular flexibility index (Phi) is 6.02. The number of fused-ring (bicyclic) bond motifs is 1. The molecule has 134 valence electrons. The number of carbonyl (C=O) groups is 2. The van der Waals surface area contributed by atoms with Gasteiger partial charge < -0.3 is 15.5 Å². The summed E-state index contributed by atoms with van der Waals surface area (Å²) in [6.45, 7) is 6.17. The standard InChI is InChI=1S/C19H24FN3O2/c1-5-17(12(2)3)21-19(25)22-18-8-9-23(13(4)24)11-14-10-15(20)6-7-16(14)18/h1,6-7,10,12,17-18H,8-9,11H2,2-4H3,(H2,21,22,25)/t17-,18-/m0/s1. The van der Waals surface area contributed by atoms with E-state index in [2.05, 4.69) is 16.6 Å². The van der Waals surface area contributed by atoms with Crippen molar-refractivity contribution in [1.82, 2.24) is 15.5 Å². The van der Waals surface area contributed by atoms with Gasteiger partial charge in [-0.3, -0.25) is 4.79 Å².